The second-order valence-corrected chi connectivity index (χ2v) is 9.79. The zero-order chi connectivity index (χ0) is 19.3. The quantitative estimate of drug-likeness (QED) is 0.679. The van der Waals surface area contributed by atoms with Crippen LogP contribution >= 0.6 is 11.3 Å². The Balaban J connectivity index is 1.38. The van der Waals surface area contributed by atoms with Crippen molar-refractivity contribution in [3.8, 4) is 0 Å². The standard InChI is InChI=1S/C19H26FN3O2S2/c1-2-18-8-9-19(26-18)27(24,25)21-10-3-11-22-12-14-23(15-13-22)17-6-4-16(20)5-7-17/h4-9,21H,2-3,10-15H2,1H3. The first-order valence-corrected chi connectivity index (χ1v) is 11.6. The molecule has 5 nitrogen and oxygen atoms in total. The van der Waals surface area contributed by atoms with Gasteiger partial charge in [-0.05, 0) is 55.8 Å². The lowest BCUT2D eigenvalue weighted by Crippen LogP contribution is -2.47. The highest BCUT2D eigenvalue weighted by Gasteiger charge is 2.18. The summed E-state index contributed by atoms with van der Waals surface area (Å²) in [7, 11) is -3.39. The van der Waals surface area contributed by atoms with Crippen LogP contribution in [0.5, 0.6) is 0 Å². The van der Waals surface area contributed by atoms with Crippen LogP contribution in [0.3, 0.4) is 0 Å². The van der Waals surface area contributed by atoms with Gasteiger partial charge in [0.25, 0.3) is 0 Å². The SMILES string of the molecule is CCc1ccc(S(=O)(=O)NCCCN2CCN(c3ccc(F)cc3)CC2)s1. The summed E-state index contributed by atoms with van der Waals surface area (Å²) >= 11 is 1.34. The summed E-state index contributed by atoms with van der Waals surface area (Å²) in [5.41, 5.74) is 1.05. The van der Waals surface area contributed by atoms with Crippen molar-refractivity contribution in [3.05, 3.63) is 47.1 Å². The fourth-order valence-electron chi connectivity index (χ4n) is 3.15. The minimum Gasteiger partial charge on any atom is -0.369 e. The molecule has 0 bridgehead atoms. The summed E-state index contributed by atoms with van der Waals surface area (Å²) in [4.78, 5) is 5.67. The van der Waals surface area contributed by atoms with E-state index in [-0.39, 0.29) is 5.82 Å². The highest BCUT2D eigenvalue weighted by Crippen LogP contribution is 2.21. The van der Waals surface area contributed by atoms with Crippen molar-refractivity contribution in [2.24, 2.45) is 0 Å². The molecule has 0 aliphatic carbocycles. The first-order valence-electron chi connectivity index (χ1n) is 9.29. The molecule has 8 heteroatoms. The molecule has 1 aliphatic rings. The Bertz CT molecular complexity index is 829. The van der Waals surface area contributed by atoms with Gasteiger partial charge >= 0.3 is 0 Å². The van der Waals surface area contributed by atoms with E-state index in [4.69, 9.17) is 0 Å². The second kappa shape index (κ2) is 9.14. The lowest BCUT2D eigenvalue weighted by atomic mass is 10.2. The van der Waals surface area contributed by atoms with Crippen molar-refractivity contribution >= 4 is 27.0 Å². The maximum absolute atomic E-state index is 13.0. The van der Waals surface area contributed by atoms with Gasteiger partial charge in [0.2, 0.25) is 10.0 Å². The number of rotatable bonds is 8. The number of benzene rings is 1. The van der Waals surface area contributed by atoms with E-state index < -0.39 is 10.0 Å². The van der Waals surface area contributed by atoms with Crippen LogP contribution in [-0.2, 0) is 16.4 Å². The molecule has 148 valence electrons. The molecule has 1 aromatic heterocycles. The van der Waals surface area contributed by atoms with Crippen LogP contribution in [0.25, 0.3) is 0 Å². The predicted molar refractivity (Wildman–Crippen MR) is 109 cm³/mol. The lowest BCUT2D eigenvalue weighted by molar-refractivity contribution is 0.255. The Hall–Kier alpha value is -1.48. The van der Waals surface area contributed by atoms with Crippen molar-refractivity contribution in [3.63, 3.8) is 0 Å². The van der Waals surface area contributed by atoms with E-state index in [9.17, 15) is 12.8 Å². The molecule has 0 saturated carbocycles. The summed E-state index contributed by atoms with van der Waals surface area (Å²) in [6.07, 6.45) is 1.63. The summed E-state index contributed by atoms with van der Waals surface area (Å²) in [6.45, 7) is 6.97. The normalized spacial score (nSPS) is 16.0. The van der Waals surface area contributed by atoms with Gasteiger partial charge in [0.05, 0.1) is 0 Å². The third-order valence-corrected chi connectivity index (χ3v) is 7.94. The van der Waals surface area contributed by atoms with Crippen molar-refractivity contribution < 1.29 is 12.8 Å². The Morgan fingerprint density at radius 2 is 1.78 bits per heavy atom. The van der Waals surface area contributed by atoms with Gasteiger partial charge < -0.3 is 4.90 Å². The molecule has 0 atom stereocenters. The average molecular weight is 412 g/mol. The molecule has 1 N–H and O–H groups in total. The minimum atomic E-state index is -3.39. The van der Waals surface area contributed by atoms with Gasteiger partial charge in [0.1, 0.15) is 10.0 Å². The maximum atomic E-state index is 13.0. The average Bonchev–Trinajstić information content (AvgIpc) is 3.17. The number of halogens is 1. The number of nitrogens with zero attached hydrogens (tertiary/aromatic N) is 2. The third-order valence-electron chi connectivity index (χ3n) is 4.76. The third kappa shape index (κ3) is 5.51. The first kappa shape index (κ1) is 20.3. The molecule has 0 spiro atoms. The smallest absolute Gasteiger partial charge is 0.250 e. The minimum absolute atomic E-state index is 0.215. The van der Waals surface area contributed by atoms with E-state index in [1.54, 1.807) is 6.07 Å². The summed E-state index contributed by atoms with van der Waals surface area (Å²) in [5.74, 6) is -0.215. The Morgan fingerprint density at radius 3 is 2.41 bits per heavy atom. The van der Waals surface area contributed by atoms with Crippen molar-refractivity contribution in [2.75, 3.05) is 44.2 Å². The molecule has 1 saturated heterocycles. The van der Waals surface area contributed by atoms with Gasteiger partial charge in [0.15, 0.2) is 0 Å². The van der Waals surface area contributed by atoms with Crippen LogP contribution in [0.1, 0.15) is 18.2 Å². The molecule has 2 heterocycles. The van der Waals surface area contributed by atoms with Gasteiger partial charge in [-0.2, -0.15) is 0 Å². The second-order valence-electron chi connectivity index (χ2n) is 6.63. The highest BCUT2D eigenvalue weighted by atomic mass is 32.2. The molecule has 1 aromatic carbocycles. The van der Waals surface area contributed by atoms with Crippen LogP contribution in [-0.4, -0.2) is 52.6 Å². The van der Waals surface area contributed by atoms with E-state index in [0.29, 0.717) is 10.8 Å². The summed E-state index contributed by atoms with van der Waals surface area (Å²) in [6, 6.07) is 10.2. The fraction of sp³-hybridized carbons (Fsp3) is 0.474. The molecule has 1 fully saturated rings. The zero-order valence-corrected chi connectivity index (χ0v) is 17.2. The van der Waals surface area contributed by atoms with Crippen molar-refractivity contribution in [1.82, 2.24) is 9.62 Å². The van der Waals surface area contributed by atoms with Crippen LogP contribution in [0, 0.1) is 5.82 Å². The number of nitrogens with one attached hydrogen (secondary N) is 1. The molecular weight excluding hydrogens is 385 g/mol. The van der Waals surface area contributed by atoms with Gasteiger partial charge in [-0.25, -0.2) is 17.5 Å². The van der Waals surface area contributed by atoms with Gasteiger partial charge in [-0.3, -0.25) is 4.90 Å². The van der Waals surface area contributed by atoms with Crippen molar-refractivity contribution in [1.29, 1.82) is 0 Å². The van der Waals surface area contributed by atoms with E-state index in [1.807, 2.05) is 25.1 Å². The lowest BCUT2D eigenvalue weighted by Gasteiger charge is -2.36. The number of piperazine rings is 1. The largest absolute Gasteiger partial charge is 0.369 e. The monoisotopic (exact) mass is 411 g/mol. The number of hydrogen-bond acceptors (Lipinski definition) is 5. The molecule has 2 aromatic rings. The maximum Gasteiger partial charge on any atom is 0.250 e. The van der Waals surface area contributed by atoms with Gasteiger partial charge in [-0.1, -0.05) is 6.92 Å². The van der Waals surface area contributed by atoms with Crippen LogP contribution in [0.15, 0.2) is 40.6 Å². The number of thiophene rings is 1. The van der Waals surface area contributed by atoms with E-state index in [1.165, 1.54) is 23.5 Å². The summed E-state index contributed by atoms with van der Waals surface area (Å²) < 4.78 is 40.7. The predicted octanol–water partition coefficient (Wildman–Crippen LogP) is 2.94. The first-order chi connectivity index (χ1) is 13.0. The number of hydrogen-bond donors (Lipinski definition) is 1. The highest BCUT2D eigenvalue weighted by molar-refractivity contribution is 7.91. The molecule has 0 amide bonds. The number of anilines is 1. The molecular formula is C19H26FN3O2S2. The molecule has 27 heavy (non-hydrogen) atoms. The Morgan fingerprint density at radius 1 is 1.07 bits per heavy atom. The molecule has 3 rings (SSSR count). The fourth-order valence-corrected chi connectivity index (χ4v) is 5.57. The van der Waals surface area contributed by atoms with E-state index >= 15 is 0 Å². The van der Waals surface area contributed by atoms with Crippen molar-refractivity contribution in [2.45, 2.75) is 24.0 Å². The van der Waals surface area contributed by atoms with E-state index in [2.05, 4.69) is 14.5 Å². The van der Waals surface area contributed by atoms with Gasteiger partial charge in [-0.15, -0.1) is 11.3 Å². The Kier molecular flexibility index (Phi) is 6.86. The molecule has 0 radical (unpaired) electrons. The molecule has 1 aliphatic heterocycles. The Labute approximate surface area is 164 Å². The number of sulfonamides is 1. The molecule has 0 unspecified atom stereocenters. The summed E-state index contributed by atoms with van der Waals surface area (Å²) in [5, 5.41) is 0. The van der Waals surface area contributed by atoms with Gasteiger partial charge in [0, 0.05) is 43.3 Å². The topological polar surface area (TPSA) is 52.7 Å². The van der Waals surface area contributed by atoms with E-state index in [0.717, 1.165) is 56.1 Å². The van der Waals surface area contributed by atoms with Crippen LogP contribution < -0.4 is 9.62 Å². The van der Waals surface area contributed by atoms with Crippen LogP contribution in [0.2, 0.25) is 0 Å². The number of aryl methyl sites for hydroxylation is 1. The van der Waals surface area contributed by atoms with Crippen LogP contribution in [0.4, 0.5) is 10.1 Å². The zero-order valence-electron chi connectivity index (χ0n) is 15.5.